The van der Waals surface area contributed by atoms with E-state index in [0.717, 1.165) is 22.1 Å². The maximum Gasteiger partial charge on any atom is 0.0541 e. The third-order valence-corrected chi connectivity index (χ3v) is 5.12. The topological polar surface area (TPSA) is 26.0 Å². The van der Waals surface area contributed by atoms with Crippen molar-refractivity contribution in [2.45, 2.75) is 17.4 Å². The second kappa shape index (κ2) is 7.53. The largest absolute Gasteiger partial charge is 0.327 e. The minimum absolute atomic E-state index is 0.140. The smallest absolute Gasteiger partial charge is 0.0541 e. The summed E-state index contributed by atoms with van der Waals surface area (Å²) in [5.41, 5.74) is 7.46. The molecule has 0 radical (unpaired) electrons. The normalized spacial score (nSPS) is 12.4. The van der Waals surface area contributed by atoms with E-state index in [-0.39, 0.29) is 6.04 Å². The Labute approximate surface area is 137 Å². The van der Waals surface area contributed by atoms with Crippen LogP contribution >= 0.6 is 46.0 Å². The van der Waals surface area contributed by atoms with E-state index in [0.29, 0.717) is 0 Å². The molecule has 1 unspecified atom stereocenters. The Bertz CT molecular complexity index is 530. The molecular formula is C15H15ClINS. The molecule has 2 N–H and O–H groups in total. The first-order valence-electron chi connectivity index (χ1n) is 6.02. The molecule has 0 aliphatic heterocycles. The average molecular weight is 404 g/mol. The first-order valence-corrected chi connectivity index (χ1v) is 8.47. The Kier molecular flexibility index (Phi) is 6.01. The SMILES string of the molecule is NC(CSc1ccccc1Cl)Cc1ccc(I)cc1. The van der Waals surface area contributed by atoms with Gasteiger partial charge < -0.3 is 5.73 Å². The zero-order chi connectivity index (χ0) is 13.7. The summed E-state index contributed by atoms with van der Waals surface area (Å²) in [7, 11) is 0. The summed E-state index contributed by atoms with van der Waals surface area (Å²) in [6, 6.07) is 16.5. The molecule has 0 saturated heterocycles. The van der Waals surface area contributed by atoms with E-state index >= 15 is 0 Å². The van der Waals surface area contributed by atoms with Crippen molar-refractivity contribution in [1.82, 2.24) is 0 Å². The fourth-order valence-corrected chi connectivity index (χ4v) is 3.29. The summed E-state index contributed by atoms with van der Waals surface area (Å²) < 4.78 is 1.25. The molecule has 2 aromatic rings. The molecule has 0 aromatic heterocycles. The highest BCUT2D eigenvalue weighted by molar-refractivity contribution is 14.1. The molecule has 1 atom stereocenters. The Morgan fingerprint density at radius 1 is 1.11 bits per heavy atom. The molecule has 19 heavy (non-hydrogen) atoms. The van der Waals surface area contributed by atoms with Gasteiger partial charge in [-0.3, -0.25) is 0 Å². The van der Waals surface area contributed by atoms with Gasteiger partial charge in [-0.2, -0.15) is 0 Å². The number of hydrogen-bond donors (Lipinski definition) is 1. The van der Waals surface area contributed by atoms with Gasteiger partial charge in [0.25, 0.3) is 0 Å². The molecule has 0 bridgehead atoms. The number of nitrogens with two attached hydrogens (primary N) is 1. The van der Waals surface area contributed by atoms with Crippen LogP contribution in [-0.4, -0.2) is 11.8 Å². The zero-order valence-electron chi connectivity index (χ0n) is 10.4. The van der Waals surface area contributed by atoms with E-state index in [9.17, 15) is 0 Å². The van der Waals surface area contributed by atoms with E-state index in [1.807, 2.05) is 24.3 Å². The van der Waals surface area contributed by atoms with Gasteiger partial charge in [-0.25, -0.2) is 0 Å². The summed E-state index contributed by atoms with van der Waals surface area (Å²) in [5, 5.41) is 0.800. The van der Waals surface area contributed by atoms with Gasteiger partial charge in [0.15, 0.2) is 0 Å². The first-order chi connectivity index (χ1) is 9.15. The fourth-order valence-electron chi connectivity index (χ4n) is 1.74. The van der Waals surface area contributed by atoms with Gasteiger partial charge >= 0.3 is 0 Å². The lowest BCUT2D eigenvalue weighted by Crippen LogP contribution is -2.25. The van der Waals surface area contributed by atoms with Crippen molar-refractivity contribution in [2.75, 3.05) is 5.75 Å². The molecule has 0 aliphatic carbocycles. The third-order valence-electron chi connectivity index (χ3n) is 2.70. The lowest BCUT2D eigenvalue weighted by Gasteiger charge is -2.12. The van der Waals surface area contributed by atoms with Crippen LogP contribution in [0.2, 0.25) is 5.02 Å². The van der Waals surface area contributed by atoms with E-state index in [1.54, 1.807) is 11.8 Å². The second-order valence-electron chi connectivity index (χ2n) is 4.33. The molecule has 1 nitrogen and oxygen atoms in total. The van der Waals surface area contributed by atoms with E-state index in [2.05, 4.69) is 46.9 Å². The van der Waals surface area contributed by atoms with Crippen LogP contribution in [0.5, 0.6) is 0 Å². The first kappa shape index (κ1) is 15.2. The quantitative estimate of drug-likeness (QED) is 0.583. The Morgan fingerprint density at radius 3 is 2.47 bits per heavy atom. The Hall–Kier alpha value is -0.230. The van der Waals surface area contributed by atoms with Gasteiger partial charge in [0.1, 0.15) is 0 Å². The molecule has 2 rings (SSSR count). The molecule has 0 heterocycles. The van der Waals surface area contributed by atoms with Crippen LogP contribution in [0.3, 0.4) is 0 Å². The molecule has 0 fully saturated rings. The van der Waals surface area contributed by atoms with Crippen LogP contribution in [-0.2, 0) is 6.42 Å². The summed E-state index contributed by atoms with van der Waals surface area (Å²) in [5.74, 6) is 0.871. The zero-order valence-corrected chi connectivity index (χ0v) is 14.1. The maximum absolute atomic E-state index is 6.18. The highest BCUT2D eigenvalue weighted by Gasteiger charge is 2.07. The van der Waals surface area contributed by atoms with Gasteiger partial charge in [0.2, 0.25) is 0 Å². The lowest BCUT2D eigenvalue weighted by molar-refractivity contribution is 0.748. The van der Waals surface area contributed by atoms with Crippen molar-refractivity contribution >= 4 is 46.0 Å². The number of halogens is 2. The predicted octanol–water partition coefficient (Wildman–Crippen LogP) is 4.61. The van der Waals surface area contributed by atoms with E-state index in [1.165, 1.54) is 9.13 Å². The molecule has 4 heteroatoms. The molecule has 100 valence electrons. The number of rotatable bonds is 5. The minimum atomic E-state index is 0.140. The lowest BCUT2D eigenvalue weighted by atomic mass is 10.1. The van der Waals surface area contributed by atoms with Crippen molar-refractivity contribution in [3.63, 3.8) is 0 Å². The summed E-state index contributed by atoms with van der Waals surface area (Å²) >= 11 is 10.2. The fraction of sp³-hybridized carbons (Fsp3) is 0.200. The summed E-state index contributed by atoms with van der Waals surface area (Å²) in [6.07, 6.45) is 0.897. The third kappa shape index (κ3) is 4.99. The molecule has 0 aliphatic rings. The van der Waals surface area contributed by atoms with Crippen LogP contribution in [0, 0.1) is 3.57 Å². The highest BCUT2D eigenvalue weighted by atomic mass is 127. The number of benzene rings is 2. The van der Waals surface area contributed by atoms with Crippen molar-refractivity contribution in [3.05, 3.63) is 62.7 Å². The molecule has 0 amide bonds. The summed E-state index contributed by atoms with van der Waals surface area (Å²) in [6.45, 7) is 0. The van der Waals surface area contributed by atoms with Gasteiger partial charge in [-0.05, 0) is 58.8 Å². The van der Waals surface area contributed by atoms with Gasteiger partial charge in [-0.1, -0.05) is 35.9 Å². The Morgan fingerprint density at radius 2 is 1.79 bits per heavy atom. The van der Waals surface area contributed by atoms with Crippen molar-refractivity contribution in [3.8, 4) is 0 Å². The second-order valence-corrected chi connectivity index (χ2v) is 7.05. The van der Waals surface area contributed by atoms with E-state index in [4.69, 9.17) is 17.3 Å². The van der Waals surface area contributed by atoms with Crippen LogP contribution in [0.15, 0.2) is 53.4 Å². The highest BCUT2D eigenvalue weighted by Crippen LogP contribution is 2.27. The number of thioether (sulfide) groups is 1. The molecule has 0 spiro atoms. The van der Waals surface area contributed by atoms with Crippen LogP contribution in [0.25, 0.3) is 0 Å². The monoisotopic (exact) mass is 403 g/mol. The van der Waals surface area contributed by atoms with Gasteiger partial charge in [-0.15, -0.1) is 11.8 Å². The molecular weight excluding hydrogens is 389 g/mol. The molecule has 2 aromatic carbocycles. The van der Waals surface area contributed by atoms with Crippen LogP contribution in [0.4, 0.5) is 0 Å². The molecule has 0 saturated carbocycles. The van der Waals surface area contributed by atoms with Crippen molar-refractivity contribution in [1.29, 1.82) is 0 Å². The van der Waals surface area contributed by atoms with Crippen LogP contribution < -0.4 is 5.73 Å². The van der Waals surface area contributed by atoms with Crippen molar-refractivity contribution < 1.29 is 0 Å². The predicted molar refractivity (Wildman–Crippen MR) is 93.0 cm³/mol. The summed E-state index contributed by atoms with van der Waals surface area (Å²) in [4.78, 5) is 1.10. The number of hydrogen-bond acceptors (Lipinski definition) is 2. The minimum Gasteiger partial charge on any atom is -0.327 e. The maximum atomic E-state index is 6.18. The standard InChI is InChI=1S/C15H15ClINS/c16-14-3-1-2-4-15(14)19-10-13(18)9-11-5-7-12(17)8-6-11/h1-8,13H,9-10,18H2. The van der Waals surface area contributed by atoms with Crippen molar-refractivity contribution in [2.24, 2.45) is 5.73 Å². The van der Waals surface area contributed by atoms with Gasteiger partial charge in [0, 0.05) is 20.3 Å². The van der Waals surface area contributed by atoms with Crippen LogP contribution in [0.1, 0.15) is 5.56 Å². The average Bonchev–Trinajstić information content (AvgIpc) is 2.40. The van der Waals surface area contributed by atoms with E-state index < -0.39 is 0 Å². The van der Waals surface area contributed by atoms with Gasteiger partial charge in [0.05, 0.1) is 5.02 Å². The Balaban J connectivity index is 1.86.